The topological polar surface area (TPSA) is 154 Å². The van der Waals surface area contributed by atoms with Crippen LogP contribution in [0.5, 0.6) is 0 Å². The summed E-state index contributed by atoms with van der Waals surface area (Å²) in [6.07, 6.45) is 10.7. The average Bonchev–Trinajstić information content (AvgIpc) is 3.33. The van der Waals surface area contributed by atoms with Gasteiger partial charge in [0, 0.05) is 0 Å². The van der Waals surface area contributed by atoms with Crippen molar-refractivity contribution in [2.75, 3.05) is 17.2 Å². The van der Waals surface area contributed by atoms with E-state index in [1.165, 1.54) is 19.3 Å². The minimum absolute atomic E-state index is 0.264. The smallest absolute Gasteiger partial charge is 0.242 e. The van der Waals surface area contributed by atoms with Gasteiger partial charge in [0.15, 0.2) is 6.19 Å². The van der Waals surface area contributed by atoms with Gasteiger partial charge in [0.1, 0.15) is 5.82 Å². The zero-order valence-electron chi connectivity index (χ0n) is 16.6. The Hall–Kier alpha value is -2.70. The molecule has 0 aliphatic heterocycles. The van der Waals surface area contributed by atoms with Gasteiger partial charge in [-0.1, -0.05) is 12.8 Å². The SMILES string of the molecule is N#CNC(=N[C@H]1C[C@@H]2CC[C@H]1C2)Nc1ccc(NC(=O)[C@@H](N)CCCCN)nc1. The first-order valence-corrected chi connectivity index (χ1v) is 10.3. The van der Waals surface area contributed by atoms with Gasteiger partial charge in [-0.2, -0.15) is 5.26 Å². The molecule has 0 spiro atoms. The number of hydrogen-bond acceptors (Lipinski definition) is 6. The Balaban J connectivity index is 1.54. The van der Waals surface area contributed by atoms with Gasteiger partial charge < -0.3 is 22.1 Å². The number of nitriles is 1. The first-order valence-electron chi connectivity index (χ1n) is 10.3. The number of rotatable bonds is 8. The highest BCUT2D eigenvalue weighted by Crippen LogP contribution is 2.45. The van der Waals surface area contributed by atoms with E-state index in [4.69, 9.17) is 21.7 Å². The maximum atomic E-state index is 12.1. The predicted octanol–water partition coefficient (Wildman–Crippen LogP) is 1.50. The third kappa shape index (κ3) is 5.89. The van der Waals surface area contributed by atoms with Crippen molar-refractivity contribution in [3.8, 4) is 6.19 Å². The van der Waals surface area contributed by atoms with Gasteiger partial charge >= 0.3 is 0 Å². The minimum Gasteiger partial charge on any atom is -0.330 e. The number of guanidine groups is 1. The molecular weight excluding hydrogens is 368 g/mol. The second kappa shape index (κ2) is 10.2. The molecule has 3 rings (SSSR count). The number of nitrogens with one attached hydrogen (secondary N) is 3. The zero-order chi connectivity index (χ0) is 20.6. The molecule has 2 aliphatic carbocycles. The molecule has 2 saturated carbocycles. The fourth-order valence-corrected chi connectivity index (χ4v) is 4.22. The molecule has 9 heteroatoms. The number of carbonyl (C=O) groups is 1. The van der Waals surface area contributed by atoms with Crippen LogP contribution in [0.2, 0.25) is 0 Å². The highest BCUT2D eigenvalue weighted by molar-refractivity contribution is 5.95. The van der Waals surface area contributed by atoms with E-state index >= 15 is 0 Å². The van der Waals surface area contributed by atoms with Crippen LogP contribution in [0.1, 0.15) is 44.9 Å². The van der Waals surface area contributed by atoms with Crippen LogP contribution < -0.4 is 27.4 Å². The van der Waals surface area contributed by atoms with E-state index in [0.717, 1.165) is 25.2 Å². The molecule has 1 aromatic rings. The molecular formula is C20H30N8O. The van der Waals surface area contributed by atoms with E-state index in [1.807, 2.05) is 6.19 Å². The fraction of sp³-hybridized carbons (Fsp3) is 0.600. The van der Waals surface area contributed by atoms with Crippen molar-refractivity contribution in [1.82, 2.24) is 10.3 Å². The maximum absolute atomic E-state index is 12.1. The second-order valence-corrected chi connectivity index (χ2v) is 7.89. The highest BCUT2D eigenvalue weighted by Gasteiger charge is 2.39. The number of fused-ring (bicyclic) bond motifs is 2. The Morgan fingerprint density at radius 1 is 1.31 bits per heavy atom. The van der Waals surface area contributed by atoms with Crippen molar-refractivity contribution in [3.05, 3.63) is 18.3 Å². The molecule has 2 bridgehead atoms. The molecule has 7 N–H and O–H groups in total. The average molecular weight is 399 g/mol. The number of anilines is 2. The Morgan fingerprint density at radius 2 is 2.17 bits per heavy atom. The Labute approximate surface area is 171 Å². The third-order valence-corrected chi connectivity index (χ3v) is 5.75. The number of amides is 1. The van der Waals surface area contributed by atoms with E-state index in [9.17, 15) is 4.79 Å². The van der Waals surface area contributed by atoms with E-state index in [-0.39, 0.29) is 11.9 Å². The van der Waals surface area contributed by atoms with Gasteiger partial charge in [0.05, 0.1) is 24.0 Å². The normalized spacial score (nSPS) is 24.0. The molecule has 4 atom stereocenters. The lowest BCUT2D eigenvalue weighted by Gasteiger charge is -2.19. The molecule has 1 aromatic heterocycles. The summed E-state index contributed by atoms with van der Waals surface area (Å²) in [5.41, 5.74) is 12.0. The molecule has 1 heterocycles. The lowest BCUT2D eigenvalue weighted by Crippen LogP contribution is -2.35. The lowest BCUT2D eigenvalue weighted by molar-refractivity contribution is -0.117. The summed E-state index contributed by atoms with van der Waals surface area (Å²) in [5.74, 6) is 2.01. The van der Waals surface area contributed by atoms with Crippen LogP contribution in [0.25, 0.3) is 0 Å². The molecule has 0 aromatic carbocycles. The van der Waals surface area contributed by atoms with Gasteiger partial charge in [-0.25, -0.2) is 9.98 Å². The van der Waals surface area contributed by atoms with Crippen LogP contribution >= 0.6 is 0 Å². The maximum Gasteiger partial charge on any atom is 0.242 e. The van der Waals surface area contributed by atoms with Gasteiger partial charge in [-0.05, 0) is 62.6 Å². The molecule has 29 heavy (non-hydrogen) atoms. The number of hydrogen-bond donors (Lipinski definition) is 5. The Kier molecular flexibility index (Phi) is 7.38. The lowest BCUT2D eigenvalue weighted by atomic mass is 9.96. The molecule has 9 nitrogen and oxygen atoms in total. The van der Waals surface area contributed by atoms with Crippen molar-refractivity contribution < 1.29 is 4.79 Å². The Morgan fingerprint density at radius 3 is 2.79 bits per heavy atom. The zero-order valence-corrected chi connectivity index (χ0v) is 16.6. The van der Waals surface area contributed by atoms with Crippen molar-refractivity contribution in [2.45, 2.75) is 57.0 Å². The molecule has 0 saturated heterocycles. The summed E-state index contributed by atoms with van der Waals surface area (Å²) in [7, 11) is 0. The predicted molar refractivity (Wildman–Crippen MR) is 113 cm³/mol. The van der Waals surface area contributed by atoms with Crippen molar-refractivity contribution in [1.29, 1.82) is 5.26 Å². The quantitative estimate of drug-likeness (QED) is 0.146. The highest BCUT2D eigenvalue weighted by atomic mass is 16.2. The van der Waals surface area contributed by atoms with Crippen LogP contribution in [0.3, 0.4) is 0 Å². The fourth-order valence-electron chi connectivity index (χ4n) is 4.22. The first-order chi connectivity index (χ1) is 14.1. The van der Waals surface area contributed by atoms with Gasteiger partial charge in [-0.15, -0.1) is 0 Å². The number of aliphatic imine (C=N–C) groups is 1. The van der Waals surface area contributed by atoms with Crippen LogP contribution in [-0.4, -0.2) is 35.5 Å². The van der Waals surface area contributed by atoms with Crippen molar-refractivity contribution in [2.24, 2.45) is 28.3 Å². The second-order valence-electron chi connectivity index (χ2n) is 7.89. The number of unbranched alkanes of at least 4 members (excludes halogenated alkanes) is 1. The van der Waals surface area contributed by atoms with Crippen molar-refractivity contribution >= 4 is 23.4 Å². The first kappa shape index (κ1) is 21.0. The minimum atomic E-state index is -0.582. The van der Waals surface area contributed by atoms with Gasteiger partial charge in [0.2, 0.25) is 11.9 Å². The number of pyridine rings is 1. The summed E-state index contributed by atoms with van der Waals surface area (Å²) in [6.45, 7) is 0.596. The Bertz CT molecular complexity index is 757. The molecule has 156 valence electrons. The van der Waals surface area contributed by atoms with E-state index in [0.29, 0.717) is 36.3 Å². The summed E-state index contributed by atoms with van der Waals surface area (Å²) in [4.78, 5) is 21.1. The number of nitrogens with zero attached hydrogens (tertiary/aromatic N) is 3. The van der Waals surface area contributed by atoms with Crippen LogP contribution in [-0.2, 0) is 4.79 Å². The van der Waals surface area contributed by atoms with Crippen LogP contribution in [0.15, 0.2) is 23.3 Å². The summed E-state index contributed by atoms with van der Waals surface area (Å²) >= 11 is 0. The number of nitrogens with two attached hydrogens (primary N) is 2. The number of aromatic nitrogens is 1. The number of carbonyl (C=O) groups excluding carboxylic acids is 1. The summed E-state index contributed by atoms with van der Waals surface area (Å²) in [5, 5.41) is 17.5. The molecule has 0 radical (unpaired) electrons. The molecule has 2 fully saturated rings. The standard InChI is InChI=1S/C20H30N8O/c21-8-2-1-3-16(23)19(29)28-18-7-6-15(11-24-18)26-20(25-12-22)27-17-10-13-4-5-14(17)9-13/h6-7,11,13-14,16-17H,1-5,8-10,21,23H2,(H,24,28,29)(H2,25,26,27)/t13-,14+,16+,17+/m1/s1. The largest absolute Gasteiger partial charge is 0.330 e. The van der Waals surface area contributed by atoms with E-state index in [2.05, 4.69) is 20.9 Å². The molecule has 1 amide bonds. The molecule has 2 aliphatic rings. The van der Waals surface area contributed by atoms with Crippen molar-refractivity contribution in [3.63, 3.8) is 0 Å². The summed E-state index contributed by atoms with van der Waals surface area (Å²) in [6, 6.07) is 3.15. The molecule has 0 unspecified atom stereocenters. The summed E-state index contributed by atoms with van der Waals surface area (Å²) < 4.78 is 0. The van der Waals surface area contributed by atoms with Gasteiger partial charge in [0.25, 0.3) is 0 Å². The third-order valence-electron chi connectivity index (χ3n) is 5.75. The van der Waals surface area contributed by atoms with E-state index in [1.54, 1.807) is 18.3 Å². The van der Waals surface area contributed by atoms with Gasteiger partial charge in [-0.3, -0.25) is 10.1 Å². The monoisotopic (exact) mass is 398 g/mol. The van der Waals surface area contributed by atoms with Crippen LogP contribution in [0.4, 0.5) is 11.5 Å². The van der Waals surface area contributed by atoms with Crippen LogP contribution in [0, 0.1) is 23.3 Å². The van der Waals surface area contributed by atoms with E-state index < -0.39 is 6.04 Å².